The molecular weight excluding hydrogens is 146 g/mol. The largest absolute Gasteiger partial charge is 0.316 e. The van der Waals surface area contributed by atoms with Gasteiger partial charge < -0.3 is 5.32 Å². The number of nitrogens with one attached hydrogen (secondary N) is 1. The van der Waals surface area contributed by atoms with Crippen LogP contribution in [0.25, 0.3) is 0 Å². The van der Waals surface area contributed by atoms with Crippen LogP contribution >= 0.6 is 0 Å². The zero-order valence-corrected chi connectivity index (χ0v) is 8.44. The first-order chi connectivity index (χ1) is 5.93. The Morgan fingerprint density at radius 3 is 2.83 bits per heavy atom. The van der Waals surface area contributed by atoms with Crippen molar-refractivity contribution in [3.8, 4) is 0 Å². The van der Waals surface area contributed by atoms with Crippen LogP contribution in [0.2, 0.25) is 0 Å². The van der Waals surface area contributed by atoms with Crippen molar-refractivity contribution in [3.05, 3.63) is 0 Å². The minimum Gasteiger partial charge on any atom is -0.316 e. The van der Waals surface area contributed by atoms with Gasteiger partial charge in [-0.25, -0.2) is 0 Å². The molecule has 0 saturated carbocycles. The Bertz CT molecular complexity index is 91.2. The average molecular weight is 169 g/mol. The molecule has 0 aliphatic carbocycles. The van der Waals surface area contributed by atoms with E-state index in [2.05, 4.69) is 12.2 Å². The van der Waals surface area contributed by atoms with Crippen LogP contribution in [-0.2, 0) is 0 Å². The Kier molecular flexibility index (Phi) is 5.42. The fraction of sp³-hybridized carbons (Fsp3) is 1.00. The summed E-state index contributed by atoms with van der Waals surface area (Å²) in [7, 11) is 0. The van der Waals surface area contributed by atoms with Gasteiger partial charge >= 0.3 is 0 Å². The van der Waals surface area contributed by atoms with E-state index in [0.717, 1.165) is 5.92 Å². The highest BCUT2D eigenvalue weighted by Crippen LogP contribution is 2.16. The van der Waals surface area contributed by atoms with Crippen molar-refractivity contribution in [1.29, 1.82) is 0 Å². The van der Waals surface area contributed by atoms with Gasteiger partial charge in [0.2, 0.25) is 0 Å². The molecule has 0 aromatic carbocycles. The molecule has 0 radical (unpaired) electrons. The van der Waals surface area contributed by atoms with Gasteiger partial charge in [-0.2, -0.15) is 0 Å². The molecule has 0 amide bonds. The summed E-state index contributed by atoms with van der Waals surface area (Å²) in [6.07, 6.45) is 9.99. The molecule has 1 aliphatic heterocycles. The van der Waals surface area contributed by atoms with Gasteiger partial charge in [0.25, 0.3) is 0 Å². The molecule has 1 heterocycles. The quantitative estimate of drug-likeness (QED) is 0.670. The lowest BCUT2D eigenvalue weighted by atomic mass is 9.97. The van der Waals surface area contributed by atoms with E-state index in [1.807, 2.05) is 0 Å². The smallest absolute Gasteiger partial charge is 0.00205 e. The lowest BCUT2D eigenvalue weighted by Crippen LogP contribution is -2.23. The van der Waals surface area contributed by atoms with Crippen molar-refractivity contribution >= 4 is 0 Å². The topological polar surface area (TPSA) is 12.0 Å². The zero-order chi connectivity index (χ0) is 8.65. The van der Waals surface area contributed by atoms with Crippen LogP contribution in [0.15, 0.2) is 0 Å². The summed E-state index contributed by atoms with van der Waals surface area (Å²) >= 11 is 0. The van der Waals surface area contributed by atoms with Gasteiger partial charge in [0.15, 0.2) is 0 Å². The fourth-order valence-corrected chi connectivity index (χ4v) is 2.10. The summed E-state index contributed by atoms with van der Waals surface area (Å²) in [6.45, 7) is 4.82. The maximum Gasteiger partial charge on any atom is -0.00205 e. The number of hydrogen-bond acceptors (Lipinski definition) is 1. The molecule has 0 aromatic rings. The van der Waals surface area contributed by atoms with Gasteiger partial charge in [-0.3, -0.25) is 0 Å². The van der Waals surface area contributed by atoms with Crippen LogP contribution in [0, 0.1) is 5.92 Å². The molecule has 1 fully saturated rings. The van der Waals surface area contributed by atoms with Crippen molar-refractivity contribution in [2.24, 2.45) is 5.92 Å². The molecule has 0 bridgehead atoms. The Hall–Kier alpha value is -0.0400. The minimum absolute atomic E-state index is 0.966. The van der Waals surface area contributed by atoms with E-state index in [1.54, 1.807) is 0 Å². The van der Waals surface area contributed by atoms with Crippen LogP contribution in [-0.4, -0.2) is 13.1 Å². The van der Waals surface area contributed by atoms with Gasteiger partial charge in [0.05, 0.1) is 0 Å². The summed E-state index contributed by atoms with van der Waals surface area (Å²) in [5.74, 6) is 0.966. The van der Waals surface area contributed by atoms with E-state index in [-0.39, 0.29) is 0 Å². The van der Waals surface area contributed by atoms with Crippen molar-refractivity contribution in [2.75, 3.05) is 13.1 Å². The Balaban J connectivity index is 2.19. The Morgan fingerprint density at radius 1 is 1.17 bits per heavy atom. The maximum atomic E-state index is 3.56. The summed E-state index contributed by atoms with van der Waals surface area (Å²) in [5, 5.41) is 3.56. The molecule has 1 saturated heterocycles. The third-order valence-electron chi connectivity index (χ3n) is 2.85. The third kappa shape index (κ3) is 4.10. The van der Waals surface area contributed by atoms with E-state index in [4.69, 9.17) is 0 Å². The van der Waals surface area contributed by atoms with Crippen LogP contribution in [0.3, 0.4) is 0 Å². The van der Waals surface area contributed by atoms with E-state index in [1.165, 1.54) is 58.0 Å². The molecule has 1 N–H and O–H groups in total. The SMILES string of the molecule is CCCC1CCCCCCNC1. The normalized spacial score (nSPS) is 27.2. The fourth-order valence-electron chi connectivity index (χ4n) is 2.10. The molecule has 1 rings (SSSR count). The molecule has 1 aliphatic rings. The second kappa shape index (κ2) is 6.47. The van der Waals surface area contributed by atoms with Gasteiger partial charge in [-0.05, 0) is 38.3 Å². The van der Waals surface area contributed by atoms with Crippen molar-refractivity contribution in [1.82, 2.24) is 5.32 Å². The number of rotatable bonds is 2. The Morgan fingerprint density at radius 2 is 2.00 bits per heavy atom. The van der Waals surface area contributed by atoms with E-state index in [0.29, 0.717) is 0 Å². The molecule has 1 unspecified atom stereocenters. The highest BCUT2D eigenvalue weighted by atomic mass is 14.9. The van der Waals surface area contributed by atoms with Crippen LogP contribution in [0.5, 0.6) is 0 Å². The first kappa shape index (κ1) is 10.0. The first-order valence-electron chi connectivity index (χ1n) is 5.64. The zero-order valence-electron chi connectivity index (χ0n) is 8.44. The predicted octanol–water partition coefficient (Wildman–Crippen LogP) is 2.96. The standard InChI is InChI=1S/C11H23N/c1-2-7-11-8-5-3-4-6-9-12-10-11/h11-12H,2-10H2,1H3. The highest BCUT2D eigenvalue weighted by Gasteiger charge is 2.08. The third-order valence-corrected chi connectivity index (χ3v) is 2.85. The van der Waals surface area contributed by atoms with Crippen molar-refractivity contribution in [3.63, 3.8) is 0 Å². The molecule has 72 valence electrons. The lowest BCUT2D eigenvalue weighted by Gasteiger charge is -2.14. The molecule has 1 heteroatoms. The van der Waals surface area contributed by atoms with Gasteiger partial charge in [0, 0.05) is 0 Å². The van der Waals surface area contributed by atoms with E-state index in [9.17, 15) is 0 Å². The van der Waals surface area contributed by atoms with Crippen LogP contribution < -0.4 is 5.32 Å². The van der Waals surface area contributed by atoms with Gasteiger partial charge in [-0.15, -0.1) is 0 Å². The van der Waals surface area contributed by atoms with Gasteiger partial charge in [-0.1, -0.05) is 32.6 Å². The molecule has 0 aromatic heterocycles. The number of hydrogen-bond donors (Lipinski definition) is 1. The summed E-state index contributed by atoms with van der Waals surface area (Å²) in [5.41, 5.74) is 0. The molecule has 1 nitrogen and oxygen atoms in total. The summed E-state index contributed by atoms with van der Waals surface area (Å²) in [4.78, 5) is 0. The predicted molar refractivity (Wildman–Crippen MR) is 54.4 cm³/mol. The van der Waals surface area contributed by atoms with Crippen LogP contribution in [0.4, 0.5) is 0 Å². The molecule has 0 spiro atoms. The second-order valence-electron chi connectivity index (χ2n) is 4.06. The van der Waals surface area contributed by atoms with Crippen molar-refractivity contribution in [2.45, 2.75) is 51.9 Å². The molecular formula is C11H23N. The highest BCUT2D eigenvalue weighted by molar-refractivity contribution is 4.64. The lowest BCUT2D eigenvalue weighted by molar-refractivity contribution is 0.413. The van der Waals surface area contributed by atoms with Crippen molar-refractivity contribution < 1.29 is 0 Å². The maximum absolute atomic E-state index is 3.56. The summed E-state index contributed by atoms with van der Waals surface area (Å²) in [6, 6.07) is 0. The summed E-state index contributed by atoms with van der Waals surface area (Å²) < 4.78 is 0. The molecule has 1 atom stereocenters. The molecule has 12 heavy (non-hydrogen) atoms. The van der Waals surface area contributed by atoms with Gasteiger partial charge in [0.1, 0.15) is 0 Å². The first-order valence-corrected chi connectivity index (χ1v) is 5.64. The van der Waals surface area contributed by atoms with Crippen LogP contribution in [0.1, 0.15) is 51.9 Å². The average Bonchev–Trinajstić information content (AvgIpc) is 2.19. The Labute approximate surface area is 76.9 Å². The second-order valence-corrected chi connectivity index (χ2v) is 4.06. The van der Waals surface area contributed by atoms with E-state index >= 15 is 0 Å². The monoisotopic (exact) mass is 169 g/mol. The van der Waals surface area contributed by atoms with E-state index < -0.39 is 0 Å². The minimum atomic E-state index is 0.966.